The number of benzene rings is 2. The largest absolute Gasteiger partial charge is 0.497 e. The number of rotatable bonds is 7. The third-order valence-electron chi connectivity index (χ3n) is 3.56. The van der Waals surface area contributed by atoms with Crippen LogP contribution in [0.1, 0.15) is 22.0 Å². The van der Waals surface area contributed by atoms with Gasteiger partial charge in [0.05, 0.1) is 25.9 Å². The molecule has 0 aromatic heterocycles. The van der Waals surface area contributed by atoms with Crippen LogP contribution in [-0.2, 0) is 4.74 Å². The molecule has 2 aromatic rings. The van der Waals surface area contributed by atoms with Crippen LogP contribution >= 0.6 is 0 Å². The zero-order valence-corrected chi connectivity index (χ0v) is 13.5. The lowest BCUT2D eigenvalue weighted by atomic mass is 10.1. The van der Waals surface area contributed by atoms with E-state index < -0.39 is 0 Å². The van der Waals surface area contributed by atoms with Gasteiger partial charge in [0.25, 0.3) is 5.91 Å². The predicted molar refractivity (Wildman–Crippen MR) is 88.1 cm³/mol. The number of hydrogen-bond donors (Lipinski definition) is 1. The maximum atomic E-state index is 12.4. The van der Waals surface area contributed by atoms with Crippen molar-refractivity contribution in [2.45, 2.75) is 6.10 Å². The van der Waals surface area contributed by atoms with Gasteiger partial charge < -0.3 is 19.5 Å². The Hall–Kier alpha value is -2.53. The van der Waals surface area contributed by atoms with Crippen molar-refractivity contribution in [3.8, 4) is 11.5 Å². The van der Waals surface area contributed by atoms with E-state index in [0.717, 1.165) is 5.56 Å². The van der Waals surface area contributed by atoms with Gasteiger partial charge in [-0.3, -0.25) is 4.79 Å². The summed E-state index contributed by atoms with van der Waals surface area (Å²) < 4.78 is 15.8. The minimum absolute atomic E-state index is 0.211. The molecule has 0 saturated heterocycles. The molecule has 1 unspecified atom stereocenters. The summed E-state index contributed by atoms with van der Waals surface area (Å²) in [5.74, 6) is 0.859. The number of carbonyl (C=O) groups is 1. The van der Waals surface area contributed by atoms with Crippen molar-refractivity contribution in [1.29, 1.82) is 0 Å². The Balaban J connectivity index is 2.09. The van der Waals surface area contributed by atoms with Gasteiger partial charge in [-0.2, -0.15) is 0 Å². The Morgan fingerprint density at radius 2 is 1.78 bits per heavy atom. The molecule has 0 heterocycles. The summed E-state index contributed by atoms with van der Waals surface area (Å²) >= 11 is 0. The summed E-state index contributed by atoms with van der Waals surface area (Å²) in [7, 11) is 4.70. The van der Waals surface area contributed by atoms with Gasteiger partial charge in [0.1, 0.15) is 11.5 Å². The van der Waals surface area contributed by atoms with E-state index >= 15 is 0 Å². The Morgan fingerprint density at radius 3 is 2.39 bits per heavy atom. The van der Waals surface area contributed by atoms with Crippen LogP contribution in [0.5, 0.6) is 11.5 Å². The van der Waals surface area contributed by atoms with E-state index in [0.29, 0.717) is 23.6 Å². The van der Waals surface area contributed by atoms with Gasteiger partial charge in [-0.25, -0.2) is 0 Å². The molecule has 1 atom stereocenters. The average Bonchev–Trinajstić information content (AvgIpc) is 2.62. The number of amides is 1. The van der Waals surface area contributed by atoms with Crippen molar-refractivity contribution in [2.75, 3.05) is 27.9 Å². The second-order valence-corrected chi connectivity index (χ2v) is 4.91. The lowest BCUT2D eigenvalue weighted by Gasteiger charge is -2.17. The van der Waals surface area contributed by atoms with Crippen molar-refractivity contribution in [2.24, 2.45) is 0 Å². The van der Waals surface area contributed by atoms with Crippen LogP contribution in [0.2, 0.25) is 0 Å². The van der Waals surface area contributed by atoms with Crippen molar-refractivity contribution < 1.29 is 19.0 Å². The van der Waals surface area contributed by atoms with Crippen LogP contribution in [-0.4, -0.2) is 33.8 Å². The van der Waals surface area contributed by atoms with Crippen molar-refractivity contribution >= 4 is 5.91 Å². The minimum Gasteiger partial charge on any atom is -0.497 e. The van der Waals surface area contributed by atoms with Gasteiger partial charge >= 0.3 is 0 Å². The van der Waals surface area contributed by atoms with Crippen molar-refractivity contribution in [3.63, 3.8) is 0 Å². The molecule has 0 bridgehead atoms. The maximum absolute atomic E-state index is 12.4. The van der Waals surface area contributed by atoms with Gasteiger partial charge in [-0.15, -0.1) is 0 Å². The monoisotopic (exact) mass is 315 g/mol. The van der Waals surface area contributed by atoms with E-state index in [2.05, 4.69) is 5.32 Å². The number of hydrogen-bond acceptors (Lipinski definition) is 4. The van der Waals surface area contributed by atoms with E-state index in [1.54, 1.807) is 32.4 Å². The number of methoxy groups -OCH3 is 3. The average molecular weight is 315 g/mol. The molecule has 0 fully saturated rings. The Morgan fingerprint density at radius 1 is 1.04 bits per heavy atom. The molecule has 0 radical (unpaired) electrons. The van der Waals surface area contributed by atoms with Gasteiger partial charge in [-0.1, -0.05) is 30.3 Å². The van der Waals surface area contributed by atoms with Gasteiger partial charge in [0.2, 0.25) is 0 Å². The second-order valence-electron chi connectivity index (χ2n) is 4.91. The standard InChI is InChI=1S/C18H21NO4/c1-21-14-9-10-16(22-2)15(11-14)18(20)19-12-17(23-3)13-7-5-4-6-8-13/h4-11,17H,12H2,1-3H3,(H,19,20). The predicted octanol–water partition coefficient (Wildman–Crippen LogP) is 2.82. The third kappa shape index (κ3) is 4.23. The summed E-state index contributed by atoms with van der Waals surface area (Å²) in [5.41, 5.74) is 1.43. The minimum atomic E-state index is -0.237. The molecular formula is C18H21NO4. The highest BCUT2D eigenvalue weighted by Gasteiger charge is 2.16. The van der Waals surface area contributed by atoms with E-state index in [1.807, 2.05) is 30.3 Å². The van der Waals surface area contributed by atoms with E-state index in [4.69, 9.17) is 14.2 Å². The summed E-state index contributed by atoms with van der Waals surface area (Å²) in [6, 6.07) is 14.9. The molecule has 1 N–H and O–H groups in total. The van der Waals surface area contributed by atoms with Gasteiger partial charge in [-0.05, 0) is 23.8 Å². The first-order valence-corrected chi connectivity index (χ1v) is 7.27. The lowest BCUT2D eigenvalue weighted by Crippen LogP contribution is -2.29. The summed E-state index contributed by atoms with van der Waals surface area (Å²) in [4.78, 5) is 12.4. The number of carbonyl (C=O) groups excluding carboxylic acids is 1. The fourth-order valence-electron chi connectivity index (χ4n) is 2.28. The quantitative estimate of drug-likeness (QED) is 0.853. The van der Waals surface area contributed by atoms with Crippen molar-refractivity contribution in [3.05, 3.63) is 59.7 Å². The van der Waals surface area contributed by atoms with Crippen LogP contribution < -0.4 is 14.8 Å². The number of nitrogens with one attached hydrogen (secondary N) is 1. The highest BCUT2D eigenvalue weighted by Crippen LogP contribution is 2.24. The first-order valence-electron chi connectivity index (χ1n) is 7.27. The first kappa shape index (κ1) is 16.8. The zero-order chi connectivity index (χ0) is 16.7. The summed E-state index contributed by atoms with van der Waals surface area (Å²) in [5, 5.41) is 2.87. The third-order valence-corrected chi connectivity index (χ3v) is 3.56. The molecule has 0 spiro atoms. The van der Waals surface area contributed by atoms with Gasteiger partial charge in [0, 0.05) is 13.7 Å². The highest BCUT2D eigenvalue weighted by molar-refractivity contribution is 5.97. The molecule has 2 aromatic carbocycles. The molecule has 0 aliphatic rings. The molecule has 122 valence electrons. The van der Waals surface area contributed by atoms with Crippen LogP contribution in [0.15, 0.2) is 48.5 Å². The van der Waals surface area contributed by atoms with E-state index in [1.165, 1.54) is 7.11 Å². The Kier molecular flexibility index (Phi) is 6.00. The Bertz CT molecular complexity index is 643. The fourth-order valence-corrected chi connectivity index (χ4v) is 2.28. The molecule has 5 heteroatoms. The maximum Gasteiger partial charge on any atom is 0.255 e. The molecule has 1 amide bonds. The molecule has 0 aliphatic carbocycles. The van der Waals surface area contributed by atoms with Crippen LogP contribution in [0, 0.1) is 0 Å². The fraction of sp³-hybridized carbons (Fsp3) is 0.278. The molecule has 0 aliphatic heterocycles. The summed E-state index contributed by atoms with van der Waals surface area (Å²) in [6.07, 6.45) is -0.211. The molecule has 5 nitrogen and oxygen atoms in total. The second kappa shape index (κ2) is 8.19. The zero-order valence-electron chi connectivity index (χ0n) is 13.5. The van der Waals surface area contributed by atoms with Crippen LogP contribution in [0.3, 0.4) is 0 Å². The lowest BCUT2D eigenvalue weighted by molar-refractivity contribution is 0.0825. The van der Waals surface area contributed by atoms with E-state index in [-0.39, 0.29) is 12.0 Å². The topological polar surface area (TPSA) is 56.8 Å². The SMILES string of the molecule is COc1ccc(OC)c(C(=O)NCC(OC)c2ccccc2)c1. The molecule has 2 rings (SSSR count). The summed E-state index contributed by atoms with van der Waals surface area (Å²) in [6.45, 7) is 0.361. The Labute approximate surface area is 136 Å². The van der Waals surface area contributed by atoms with Gasteiger partial charge in [0.15, 0.2) is 0 Å². The number of ether oxygens (including phenoxy) is 3. The van der Waals surface area contributed by atoms with Crippen molar-refractivity contribution in [1.82, 2.24) is 5.32 Å². The van der Waals surface area contributed by atoms with Crippen LogP contribution in [0.4, 0.5) is 0 Å². The highest BCUT2D eigenvalue weighted by atomic mass is 16.5. The van der Waals surface area contributed by atoms with E-state index in [9.17, 15) is 4.79 Å². The molecule has 0 saturated carbocycles. The first-order chi connectivity index (χ1) is 11.2. The molecular weight excluding hydrogens is 294 g/mol. The molecule has 23 heavy (non-hydrogen) atoms. The van der Waals surface area contributed by atoms with Crippen LogP contribution in [0.25, 0.3) is 0 Å². The smallest absolute Gasteiger partial charge is 0.255 e. The normalized spacial score (nSPS) is 11.6.